The lowest BCUT2D eigenvalue weighted by atomic mass is 9.79. The smallest absolute Gasteiger partial charge is 0.276 e. The zero-order valence-electron chi connectivity index (χ0n) is 14.1. The highest BCUT2D eigenvalue weighted by molar-refractivity contribution is 5.93. The molecule has 6 heteroatoms. The molecule has 3 aliphatic rings. The summed E-state index contributed by atoms with van der Waals surface area (Å²) in [5.41, 5.74) is 4.86. The second-order valence-electron chi connectivity index (χ2n) is 7.67. The van der Waals surface area contributed by atoms with Crippen LogP contribution in [-0.4, -0.2) is 46.7 Å². The third-order valence-electron chi connectivity index (χ3n) is 6.20. The summed E-state index contributed by atoms with van der Waals surface area (Å²) in [5.74, 6) is -0.490. The maximum absolute atomic E-state index is 11.5. The SMILES string of the molecule is O=C(NO)c1cnc2c(c1)CCN(C1CCC3(CCCNC3)C1)C2. The zero-order valence-corrected chi connectivity index (χ0v) is 14.1. The van der Waals surface area contributed by atoms with Crippen LogP contribution in [0.1, 0.15) is 53.7 Å². The number of hydroxylamine groups is 1. The van der Waals surface area contributed by atoms with Crippen LogP contribution in [0.3, 0.4) is 0 Å². The standard InChI is InChI=1S/C18H26N4O2/c23-17(21-24)14-8-13-3-7-22(11-16(13)20-10-14)15-2-5-18(9-15)4-1-6-19-12-18/h8,10,15,19,24H,1-7,9,11-12H2,(H,21,23). The Labute approximate surface area is 142 Å². The predicted octanol–water partition coefficient (Wildman–Crippen LogP) is 1.48. The summed E-state index contributed by atoms with van der Waals surface area (Å²) in [7, 11) is 0. The Kier molecular flexibility index (Phi) is 4.28. The van der Waals surface area contributed by atoms with Crippen LogP contribution in [0.4, 0.5) is 0 Å². The van der Waals surface area contributed by atoms with Gasteiger partial charge in [-0.2, -0.15) is 0 Å². The Balaban J connectivity index is 1.44. The van der Waals surface area contributed by atoms with Crippen LogP contribution in [0.2, 0.25) is 0 Å². The van der Waals surface area contributed by atoms with Crippen molar-refractivity contribution in [2.24, 2.45) is 5.41 Å². The number of hydrogen-bond acceptors (Lipinski definition) is 5. The van der Waals surface area contributed by atoms with Crippen molar-refractivity contribution in [1.29, 1.82) is 0 Å². The molecule has 4 rings (SSSR count). The van der Waals surface area contributed by atoms with Crippen molar-refractivity contribution in [3.63, 3.8) is 0 Å². The molecule has 1 spiro atoms. The van der Waals surface area contributed by atoms with Crippen LogP contribution in [0.5, 0.6) is 0 Å². The topological polar surface area (TPSA) is 77.5 Å². The van der Waals surface area contributed by atoms with Gasteiger partial charge >= 0.3 is 0 Å². The molecule has 1 amide bonds. The largest absolute Gasteiger partial charge is 0.316 e. The fourth-order valence-corrected chi connectivity index (χ4v) is 4.84. The van der Waals surface area contributed by atoms with Gasteiger partial charge in [0.1, 0.15) is 0 Å². The molecule has 0 radical (unpaired) electrons. The molecule has 1 aromatic rings. The average Bonchev–Trinajstić information content (AvgIpc) is 3.04. The lowest BCUT2D eigenvalue weighted by molar-refractivity contribution is 0.0705. The Hall–Kier alpha value is -1.50. The molecule has 2 atom stereocenters. The van der Waals surface area contributed by atoms with Gasteiger partial charge in [-0.25, -0.2) is 5.48 Å². The van der Waals surface area contributed by atoms with Crippen molar-refractivity contribution >= 4 is 5.91 Å². The van der Waals surface area contributed by atoms with Crippen LogP contribution in [0, 0.1) is 5.41 Å². The van der Waals surface area contributed by atoms with Crippen LogP contribution in [0.25, 0.3) is 0 Å². The molecule has 1 saturated heterocycles. The van der Waals surface area contributed by atoms with E-state index in [0.29, 0.717) is 17.0 Å². The summed E-state index contributed by atoms with van der Waals surface area (Å²) in [6.45, 7) is 4.28. The van der Waals surface area contributed by atoms with Crippen LogP contribution < -0.4 is 10.8 Å². The number of carbonyl (C=O) groups excluding carboxylic acids is 1. The van der Waals surface area contributed by atoms with Gasteiger partial charge in [-0.3, -0.25) is 19.9 Å². The Morgan fingerprint density at radius 2 is 2.38 bits per heavy atom. The summed E-state index contributed by atoms with van der Waals surface area (Å²) < 4.78 is 0. The number of piperidine rings is 1. The highest BCUT2D eigenvalue weighted by Crippen LogP contribution is 2.45. The molecule has 1 aromatic heterocycles. The third-order valence-corrected chi connectivity index (χ3v) is 6.20. The minimum atomic E-state index is -0.490. The summed E-state index contributed by atoms with van der Waals surface area (Å²) in [6.07, 6.45) is 9.12. The van der Waals surface area contributed by atoms with E-state index < -0.39 is 5.91 Å². The van der Waals surface area contributed by atoms with Crippen molar-refractivity contribution in [3.8, 4) is 0 Å². The van der Waals surface area contributed by atoms with Crippen molar-refractivity contribution in [3.05, 3.63) is 29.1 Å². The molecule has 0 bridgehead atoms. The first-order valence-electron chi connectivity index (χ1n) is 9.06. The van der Waals surface area contributed by atoms with Crippen molar-refractivity contribution in [2.45, 2.75) is 51.1 Å². The van der Waals surface area contributed by atoms with E-state index in [9.17, 15) is 4.79 Å². The van der Waals surface area contributed by atoms with E-state index in [4.69, 9.17) is 5.21 Å². The highest BCUT2D eigenvalue weighted by atomic mass is 16.5. The van der Waals surface area contributed by atoms with E-state index in [-0.39, 0.29) is 0 Å². The van der Waals surface area contributed by atoms with Gasteiger partial charge in [-0.1, -0.05) is 0 Å². The van der Waals surface area contributed by atoms with Crippen LogP contribution in [0.15, 0.2) is 12.3 Å². The molecule has 3 N–H and O–H groups in total. The quantitative estimate of drug-likeness (QED) is 0.566. The van der Waals surface area contributed by atoms with Crippen molar-refractivity contribution < 1.29 is 10.0 Å². The number of pyridine rings is 1. The second kappa shape index (κ2) is 6.43. The van der Waals surface area contributed by atoms with Crippen LogP contribution >= 0.6 is 0 Å². The lowest BCUT2D eigenvalue weighted by Crippen LogP contribution is -2.42. The number of rotatable bonds is 2. The summed E-state index contributed by atoms with van der Waals surface area (Å²) >= 11 is 0. The molecule has 130 valence electrons. The first kappa shape index (κ1) is 16.0. The molecule has 3 heterocycles. The van der Waals surface area contributed by atoms with Crippen molar-refractivity contribution in [1.82, 2.24) is 20.7 Å². The maximum atomic E-state index is 11.5. The second-order valence-corrected chi connectivity index (χ2v) is 7.67. The minimum Gasteiger partial charge on any atom is -0.316 e. The number of nitrogens with one attached hydrogen (secondary N) is 2. The van der Waals surface area contributed by atoms with E-state index in [1.165, 1.54) is 45.2 Å². The van der Waals surface area contributed by atoms with Gasteiger partial charge < -0.3 is 5.32 Å². The number of hydrogen-bond donors (Lipinski definition) is 3. The Morgan fingerprint density at radius 3 is 3.17 bits per heavy atom. The van der Waals surface area contributed by atoms with E-state index in [0.717, 1.165) is 30.8 Å². The molecule has 2 aliphatic heterocycles. The summed E-state index contributed by atoms with van der Waals surface area (Å²) in [5, 5.41) is 12.3. The van der Waals surface area contributed by atoms with Gasteiger partial charge in [0, 0.05) is 31.9 Å². The molecule has 24 heavy (non-hydrogen) atoms. The fourth-order valence-electron chi connectivity index (χ4n) is 4.84. The maximum Gasteiger partial charge on any atom is 0.276 e. The summed E-state index contributed by atoms with van der Waals surface area (Å²) in [6, 6.07) is 2.53. The van der Waals surface area contributed by atoms with Crippen LogP contribution in [-0.2, 0) is 13.0 Å². The van der Waals surface area contributed by atoms with E-state index in [1.54, 1.807) is 11.7 Å². The number of amides is 1. The van der Waals surface area contributed by atoms with Gasteiger partial charge in [-0.15, -0.1) is 0 Å². The molecule has 6 nitrogen and oxygen atoms in total. The number of carbonyl (C=O) groups is 1. The third kappa shape index (κ3) is 2.94. The Bertz CT molecular complexity index is 627. The molecule has 1 aliphatic carbocycles. The first-order valence-corrected chi connectivity index (χ1v) is 9.06. The van der Waals surface area contributed by atoms with Gasteiger partial charge in [-0.05, 0) is 62.1 Å². The zero-order chi connectivity index (χ0) is 16.6. The molecular formula is C18H26N4O2. The molecular weight excluding hydrogens is 304 g/mol. The number of aromatic nitrogens is 1. The molecule has 2 fully saturated rings. The number of nitrogens with zero attached hydrogens (tertiary/aromatic N) is 2. The van der Waals surface area contributed by atoms with Gasteiger partial charge in [0.05, 0.1) is 11.3 Å². The van der Waals surface area contributed by atoms with E-state index in [2.05, 4.69) is 15.2 Å². The first-order chi connectivity index (χ1) is 11.7. The normalized spacial score (nSPS) is 30.3. The van der Waals surface area contributed by atoms with Gasteiger partial charge in [0.25, 0.3) is 5.91 Å². The average molecular weight is 330 g/mol. The summed E-state index contributed by atoms with van der Waals surface area (Å²) in [4.78, 5) is 18.6. The van der Waals surface area contributed by atoms with Gasteiger partial charge in [0.15, 0.2) is 0 Å². The minimum absolute atomic E-state index is 0.429. The molecule has 2 unspecified atom stereocenters. The highest BCUT2D eigenvalue weighted by Gasteiger charge is 2.42. The molecule has 0 aromatic carbocycles. The van der Waals surface area contributed by atoms with E-state index in [1.807, 2.05) is 6.07 Å². The van der Waals surface area contributed by atoms with E-state index >= 15 is 0 Å². The van der Waals surface area contributed by atoms with Gasteiger partial charge in [0.2, 0.25) is 0 Å². The fraction of sp³-hybridized carbons (Fsp3) is 0.667. The monoisotopic (exact) mass is 330 g/mol. The number of fused-ring (bicyclic) bond motifs is 1. The molecule has 1 saturated carbocycles. The lowest BCUT2D eigenvalue weighted by Gasteiger charge is -2.37. The van der Waals surface area contributed by atoms with Crippen molar-refractivity contribution in [2.75, 3.05) is 19.6 Å². The Morgan fingerprint density at radius 1 is 1.46 bits per heavy atom. The predicted molar refractivity (Wildman–Crippen MR) is 89.8 cm³/mol.